The summed E-state index contributed by atoms with van der Waals surface area (Å²) in [5.41, 5.74) is 2.81. The zero-order chi connectivity index (χ0) is 16.2. The number of aryl methyl sites for hydroxylation is 1. The van der Waals surface area contributed by atoms with Crippen molar-refractivity contribution in [2.45, 2.75) is 6.92 Å². The van der Waals surface area contributed by atoms with E-state index in [0.29, 0.717) is 27.5 Å². The summed E-state index contributed by atoms with van der Waals surface area (Å²) in [5.74, 6) is 0.930. The van der Waals surface area contributed by atoms with Gasteiger partial charge in [-0.15, -0.1) is 5.10 Å². The van der Waals surface area contributed by atoms with Crippen molar-refractivity contribution in [2.24, 2.45) is 0 Å². The first kappa shape index (κ1) is 15.5. The number of aromatic nitrogens is 3. The van der Waals surface area contributed by atoms with Crippen molar-refractivity contribution in [1.29, 1.82) is 0 Å². The molecule has 0 aliphatic rings. The summed E-state index contributed by atoms with van der Waals surface area (Å²) < 4.78 is 0. The summed E-state index contributed by atoms with van der Waals surface area (Å²) in [7, 11) is 0. The van der Waals surface area contributed by atoms with Crippen LogP contribution in [0.15, 0.2) is 48.7 Å². The molecule has 7 heteroatoms. The van der Waals surface area contributed by atoms with Gasteiger partial charge in [-0.3, -0.25) is 0 Å². The Balaban J connectivity index is 1.78. The molecule has 0 unspecified atom stereocenters. The molecule has 3 aromatic rings. The minimum Gasteiger partial charge on any atom is -0.339 e. The number of nitrogens with zero attached hydrogens (tertiary/aromatic N) is 3. The Morgan fingerprint density at radius 3 is 2.26 bits per heavy atom. The van der Waals surface area contributed by atoms with Crippen molar-refractivity contribution in [2.75, 3.05) is 10.6 Å². The second-order valence-electron chi connectivity index (χ2n) is 4.94. The van der Waals surface area contributed by atoms with Crippen LogP contribution in [0.3, 0.4) is 0 Å². The van der Waals surface area contributed by atoms with Crippen molar-refractivity contribution in [3.8, 4) is 0 Å². The van der Waals surface area contributed by atoms with Crippen LogP contribution in [0, 0.1) is 6.92 Å². The van der Waals surface area contributed by atoms with E-state index in [1.54, 1.807) is 24.4 Å². The fourth-order valence-corrected chi connectivity index (χ4v) is 2.48. The van der Waals surface area contributed by atoms with Gasteiger partial charge < -0.3 is 10.6 Å². The molecule has 0 saturated carbocycles. The van der Waals surface area contributed by atoms with Gasteiger partial charge in [0.05, 0.1) is 6.20 Å². The molecule has 0 spiro atoms. The van der Waals surface area contributed by atoms with Gasteiger partial charge in [0.25, 0.3) is 0 Å². The van der Waals surface area contributed by atoms with Gasteiger partial charge in [-0.2, -0.15) is 10.1 Å². The second-order valence-corrected chi connectivity index (χ2v) is 5.81. The zero-order valence-corrected chi connectivity index (χ0v) is 13.7. The fraction of sp³-hybridized carbons (Fsp3) is 0.0625. The van der Waals surface area contributed by atoms with E-state index in [0.717, 1.165) is 5.69 Å². The number of benzene rings is 2. The topological polar surface area (TPSA) is 62.7 Å². The lowest BCUT2D eigenvalue weighted by molar-refractivity contribution is 0.982. The molecule has 0 radical (unpaired) electrons. The summed E-state index contributed by atoms with van der Waals surface area (Å²) in [5, 5.41) is 15.1. The van der Waals surface area contributed by atoms with Gasteiger partial charge in [0, 0.05) is 21.4 Å². The molecular weight excluding hydrogens is 333 g/mol. The summed E-state index contributed by atoms with van der Waals surface area (Å²) in [6.45, 7) is 2.04. The molecule has 0 aliphatic heterocycles. The maximum Gasteiger partial charge on any atom is 0.249 e. The van der Waals surface area contributed by atoms with Crippen molar-refractivity contribution in [3.05, 3.63) is 64.3 Å². The van der Waals surface area contributed by atoms with Crippen molar-refractivity contribution < 1.29 is 0 Å². The lowest BCUT2D eigenvalue weighted by Gasteiger charge is -2.08. The van der Waals surface area contributed by atoms with Gasteiger partial charge in [0.2, 0.25) is 5.95 Å². The van der Waals surface area contributed by atoms with Gasteiger partial charge in [0.15, 0.2) is 5.82 Å². The molecule has 0 saturated heterocycles. The van der Waals surface area contributed by atoms with E-state index in [4.69, 9.17) is 23.2 Å². The van der Waals surface area contributed by atoms with Gasteiger partial charge in [-0.25, -0.2) is 0 Å². The monoisotopic (exact) mass is 345 g/mol. The molecule has 3 rings (SSSR count). The highest BCUT2D eigenvalue weighted by atomic mass is 35.5. The van der Waals surface area contributed by atoms with Gasteiger partial charge in [-0.1, -0.05) is 40.9 Å². The number of nitrogens with one attached hydrogen (secondary N) is 2. The van der Waals surface area contributed by atoms with E-state index in [1.165, 1.54) is 5.56 Å². The van der Waals surface area contributed by atoms with Crippen molar-refractivity contribution in [1.82, 2.24) is 15.2 Å². The SMILES string of the molecule is Cc1ccc(Nc2cnnc(Nc3cc(Cl)cc(Cl)c3)n2)cc1. The van der Waals surface area contributed by atoms with E-state index >= 15 is 0 Å². The molecule has 1 aromatic heterocycles. The third-order valence-electron chi connectivity index (χ3n) is 3.00. The van der Waals surface area contributed by atoms with Crippen LogP contribution in [0.1, 0.15) is 5.56 Å². The highest BCUT2D eigenvalue weighted by molar-refractivity contribution is 6.35. The van der Waals surface area contributed by atoms with Crippen LogP contribution in [0.25, 0.3) is 0 Å². The third kappa shape index (κ3) is 4.31. The zero-order valence-electron chi connectivity index (χ0n) is 12.2. The summed E-state index contributed by atoms with van der Waals surface area (Å²) in [4.78, 5) is 4.36. The Bertz CT molecular complexity index is 801. The van der Waals surface area contributed by atoms with E-state index in [9.17, 15) is 0 Å². The molecule has 0 amide bonds. The first-order valence-corrected chi connectivity index (χ1v) is 7.61. The molecule has 0 bridgehead atoms. The molecule has 0 aliphatic carbocycles. The van der Waals surface area contributed by atoms with Gasteiger partial charge in [0.1, 0.15) is 0 Å². The standard InChI is InChI=1S/C16H13Cl2N5/c1-10-2-4-13(5-3-10)20-15-9-19-23-16(22-15)21-14-7-11(17)6-12(18)8-14/h2-9H,1H3,(H2,20,21,22,23). The molecule has 23 heavy (non-hydrogen) atoms. The number of hydrogen-bond donors (Lipinski definition) is 2. The van der Waals surface area contributed by atoms with Crippen LogP contribution < -0.4 is 10.6 Å². The molecule has 5 nitrogen and oxygen atoms in total. The van der Waals surface area contributed by atoms with Crippen LogP contribution in [0.5, 0.6) is 0 Å². The lowest BCUT2D eigenvalue weighted by Crippen LogP contribution is -2.02. The lowest BCUT2D eigenvalue weighted by atomic mass is 10.2. The summed E-state index contributed by atoms with van der Waals surface area (Å²) >= 11 is 11.9. The molecule has 0 atom stereocenters. The maximum absolute atomic E-state index is 5.97. The molecule has 2 N–H and O–H groups in total. The second kappa shape index (κ2) is 6.81. The normalized spacial score (nSPS) is 10.4. The number of anilines is 4. The van der Waals surface area contributed by atoms with Crippen LogP contribution in [-0.2, 0) is 0 Å². The Morgan fingerprint density at radius 2 is 1.57 bits per heavy atom. The molecule has 1 heterocycles. The Labute approximate surface area is 143 Å². The Hall–Kier alpha value is -2.37. The van der Waals surface area contributed by atoms with Crippen LogP contribution in [0.4, 0.5) is 23.1 Å². The highest BCUT2D eigenvalue weighted by Gasteiger charge is 2.04. The first-order chi connectivity index (χ1) is 11.1. The highest BCUT2D eigenvalue weighted by Crippen LogP contribution is 2.24. The average molecular weight is 346 g/mol. The minimum atomic E-state index is 0.348. The van der Waals surface area contributed by atoms with Crippen molar-refractivity contribution >= 4 is 46.3 Å². The molecule has 116 valence electrons. The number of halogens is 2. The molecule has 2 aromatic carbocycles. The van der Waals surface area contributed by atoms with Gasteiger partial charge >= 0.3 is 0 Å². The van der Waals surface area contributed by atoms with E-state index in [-0.39, 0.29) is 0 Å². The van der Waals surface area contributed by atoms with Crippen LogP contribution >= 0.6 is 23.2 Å². The quantitative estimate of drug-likeness (QED) is 0.698. The predicted molar refractivity (Wildman–Crippen MR) is 94.0 cm³/mol. The van der Waals surface area contributed by atoms with Crippen LogP contribution in [-0.4, -0.2) is 15.2 Å². The Kier molecular flexibility index (Phi) is 4.60. The van der Waals surface area contributed by atoms with Gasteiger partial charge in [-0.05, 0) is 37.3 Å². The predicted octanol–water partition coefficient (Wildman–Crippen LogP) is 4.97. The molecule has 0 fully saturated rings. The minimum absolute atomic E-state index is 0.348. The smallest absolute Gasteiger partial charge is 0.249 e. The summed E-state index contributed by atoms with van der Waals surface area (Å²) in [6.07, 6.45) is 1.55. The van der Waals surface area contributed by atoms with E-state index in [2.05, 4.69) is 25.8 Å². The number of hydrogen-bond acceptors (Lipinski definition) is 5. The van der Waals surface area contributed by atoms with E-state index < -0.39 is 0 Å². The first-order valence-electron chi connectivity index (χ1n) is 6.85. The molecular formula is C16H13Cl2N5. The fourth-order valence-electron chi connectivity index (χ4n) is 1.96. The average Bonchev–Trinajstić information content (AvgIpc) is 2.49. The third-order valence-corrected chi connectivity index (χ3v) is 3.44. The van der Waals surface area contributed by atoms with Crippen molar-refractivity contribution in [3.63, 3.8) is 0 Å². The Morgan fingerprint density at radius 1 is 0.870 bits per heavy atom. The maximum atomic E-state index is 5.97. The largest absolute Gasteiger partial charge is 0.339 e. The summed E-state index contributed by atoms with van der Waals surface area (Å²) in [6, 6.07) is 13.1. The number of rotatable bonds is 4. The van der Waals surface area contributed by atoms with E-state index in [1.807, 2.05) is 31.2 Å². The van der Waals surface area contributed by atoms with Crippen LogP contribution in [0.2, 0.25) is 10.0 Å².